The average Bonchev–Trinajstić information content (AvgIpc) is 3.17. The highest BCUT2D eigenvalue weighted by molar-refractivity contribution is 5.39. The number of rotatable bonds is 6. The number of nitrogens with one attached hydrogen (secondary N) is 1. The van der Waals surface area contributed by atoms with Crippen LogP contribution in [0.15, 0.2) is 18.2 Å². The van der Waals surface area contributed by atoms with Crippen LogP contribution in [-0.4, -0.2) is 19.7 Å². The Labute approximate surface area is 129 Å². The van der Waals surface area contributed by atoms with Crippen molar-refractivity contribution in [3.8, 4) is 5.75 Å². The first kappa shape index (κ1) is 14.9. The van der Waals surface area contributed by atoms with Crippen LogP contribution >= 0.6 is 0 Å². The van der Waals surface area contributed by atoms with Gasteiger partial charge in [0.1, 0.15) is 5.75 Å². The highest BCUT2D eigenvalue weighted by Crippen LogP contribution is 2.45. The van der Waals surface area contributed by atoms with Crippen molar-refractivity contribution in [1.29, 1.82) is 0 Å². The molecule has 0 aromatic heterocycles. The van der Waals surface area contributed by atoms with E-state index in [-0.39, 0.29) is 0 Å². The van der Waals surface area contributed by atoms with Crippen molar-refractivity contribution in [1.82, 2.24) is 5.32 Å². The molecule has 0 bridgehead atoms. The monoisotopic (exact) mass is 287 g/mol. The van der Waals surface area contributed by atoms with Gasteiger partial charge in [0.05, 0.1) is 6.61 Å². The number of ether oxygens (including phenoxy) is 1. The molecule has 1 fully saturated rings. The van der Waals surface area contributed by atoms with Gasteiger partial charge in [0.25, 0.3) is 0 Å². The van der Waals surface area contributed by atoms with Crippen molar-refractivity contribution in [2.45, 2.75) is 64.3 Å². The van der Waals surface area contributed by atoms with Gasteiger partial charge in [0, 0.05) is 12.5 Å². The zero-order chi connectivity index (χ0) is 14.7. The van der Waals surface area contributed by atoms with Crippen molar-refractivity contribution in [3.05, 3.63) is 29.3 Å². The zero-order valence-corrected chi connectivity index (χ0v) is 13.6. The van der Waals surface area contributed by atoms with Crippen LogP contribution in [0.1, 0.15) is 56.6 Å². The molecule has 2 nitrogen and oxygen atoms in total. The smallest absolute Gasteiger partial charge is 0.122 e. The summed E-state index contributed by atoms with van der Waals surface area (Å²) in [5.74, 6) is 1.10. The van der Waals surface area contributed by atoms with Crippen LogP contribution in [0.5, 0.6) is 5.75 Å². The maximum absolute atomic E-state index is 5.60. The molecule has 1 saturated carbocycles. The minimum absolute atomic E-state index is 0.550. The van der Waals surface area contributed by atoms with Gasteiger partial charge in [-0.05, 0) is 61.8 Å². The first-order chi connectivity index (χ1) is 10.3. The SMILES string of the molecule is CCC1(C(CCc2ccc3c(c2)CCO3)NC)CCCC1. The van der Waals surface area contributed by atoms with Gasteiger partial charge < -0.3 is 10.1 Å². The first-order valence-electron chi connectivity index (χ1n) is 8.69. The van der Waals surface area contributed by atoms with E-state index in [0.29, 0.717) is 11.5 Å². The molecule has 0 saturated heterocycles. The number of aryl methyl sites for hydroxylation is 1. The number of benzene rings is 1. The summed E-state index contributed by atoms with van der Waals surface area (Å²) < 4.78 is 5.60. The Morgan fingerprint density at radius 1 is 1.29 bits per heavy atom. The molecule has 1 N–H and O–H groups in total. The molecule has 1 aliphatic heterocycles. The Kier molecular flexibility index (Phi) is 4.54. The van der Waals surface area contributed by atoms with Gasteiger partial charge in [-0.15, -0.1) is 0 Å². The van der Waals surface area contributed by atoms with Crippen LogP contribution in [-0.2, 0) is 12.8 Å². The Bertz CT molecular complexity index is 476. The second-order valence-electron chi connectivity index (χ2n) is 6.84. The average molecular weight is 287 g/mol. The molecule has 21 heavy (non-hydrogen) atoms. The van der Waals surface area contributed by atoms with Gasteiger partial charge in [0.15, 0.2) is 0 Å². The van der Waals surface area contributed by atoms with Gasteiger partial charge in [-0.2, -0.15) is 0 Å². The van der Waals surface area contributed by atoms with Crippen molar-refractivity contribution in [3.63, 3.8) is 0 Å². The van der Waals surface area contributed by atoms with Gasteiger partial charge in [-0.3, -0.25) is 0 Å². The molecule has 116 valence electrons. The third-order valence-corrected chi connectivity index (χ3v) is 5.87. The Morgan fingerprint density at radius 3 is 2.81 bits per heavy atom. The molecule has 2 aliphatic rings. The lowest BCUT2D eigenvalue weighted by molar-refractivity contribution is 0.184. The maximum Gasteiger partial charge on any atom is 0.122 e. The van der Waals surface area contributed by atoms with Gasteiger partial charge in [-0.1, -0.05) is 31.9 Å². The fraction of sp³-hybridized carbons (Fsp3) is 0.684. The topological polar surface area (TPSA) is 21.3 Å². The zero-order valence-electron chi connectivity index (χ0n) is 13.6. The predicted octanol–water partition coefficient (Wildman–Crippen LogP) is 4.11. The summed E-state index contributed by atoms with van der Waals surface area (Å²) in [7, 11) is 2.15. The fourth-order valence-electron chi connectivity index (χ4n) is 4.49. The number of hydrogen-bond donors (Lipinski definition) is 1. The van der Waals surface area contributed by atoms with E-state index < -0.39 is 0 Å². The van der Waals surface area contributed by atoms with Crippen molar-refractivity contribution in [2.75, 3.05) is 13.7 Å². The van der Waals surface area contributed by atoms with E-state index in [9.17, 15) is 0 Å². The lowest BCUT2D eigenvalue weighted by atomic mass is 9.74. The molecule has 1 aromatic carbocycles. The lowest BCUT2D eigenvalue weighted by Gasteiger charge is -2.37. The quantitative estimate of drug-likeness (QED) is 0.850. The van der Waals surface area contributed by atoms with Crippen molar-refractivity contribution >= 4 is 0 Å². The highest BCUT2D eigenvalue weighted by atomic mass is 16.5. The summed E-state index contributed by atoms with van der Waals surface area (Å²) >= 11 is 0. The first-order valence-corrected chi connectivity index (χ1v) is 8.69. The Morgan fingerprint density at radius 2 is 2.10 bits per heavy atom. The molecular weight excluding hydrogens is 258 g/mol. The summed E-state index contributed by atoms with van der Waals surface area (Å²) in [6, 6.07) is 7.44. The van der Waals surface area contributed by atoms with E-state index >= 15 is 0 Å². The van der Waals surface area contributed by atoms with Crippen LogP contribution in [0, 0.1) is 5.41 Å². The van der Waals surface area contributed by atoms with Crippen LogP contribution in [0.3, 0.4) is 0 Å². The van der Waals surface area contributed by atoms with Crippen LogP contribution in [0.2, 0.25) is 0 Å². The summed E-state index contributed by atoms with van der Waals surface area (Å²) in [4.78, 5) is 0. The van der Waals surface area contributed by atoms with E-state index in [1.807, 2.05) is 0 Å². The summed E-state index contributed by atoms with van der Waals surface area (Å²) in [5.41, 5.74) is 3.43. The van der Waals surface area contributed by atoms with E-state index in [2.05, 4.69) is 37.5 Å². The largest absolute Gasteiger partial charge is 0.493 e. The Balaban J connectivity index is 1.65. The van der Waals surface area contributed by atoms with Crippen LogP contribution < -0.4 is 10.1 Å². The molecule has 1 aromatic rings. The molecule has 2 heteroatoms. The molecule has 0 spiro atoms. The molecule has 0 amide bonds. The van der Waals surface area contributed by atoms with E-state index in [4.69, 9.17) is 4.74 Å². The molecule has 3 rings (SSSR count). The Hall–Kier alpha value is -1.02. The molecule has 1 atom stereocenters. The van der Waals surface area contributed by atoms with Gasteiger partial charge >= 0.3 is 0 Å². The van der Waals surface area contributed by atoms with Crippen LogP contribution in [0.25, 0.3) is 0 Å². The van der Waals surface area contributed by atoms with E-state index in [1.54, 1.807) is 0 Å². The van der Waals surface area contributed by atoms with Gasteiger partial charge in [0.2, 0.25) is 0 Å². The van der Waals surface area contributed by atoms with Crippen molar-refractivity contribution < 1.29 is 4.74 Å². The third kappa shape index (κ3) is 2.96. The standard InChI is InChI=1S/C19H29NO/c1-3-19(11-4-5-12-19)18(20-2)9-7-15-6-8-17-16(14-15)10-13-21-17/h6,8,14,18,20H,3-5,7,9-13H2,1-2H3. The maximum atomic E-state index is 5.60. The molecule has 1 aliphatic carbocycles. The summed E-state index contributed by atoms with van der Waals surface area (Å²) in [5, 5.41) is 3.63. The van der Waals surface area contributed by atoms with Gasteiger partial charge in [-0.25, -0.2) is 0 Å². The molecule has 1 heterocycles. The third-order valence-electron chi connectivity index (χ3n) is 5.87. The summed E-state index contributed by atoms with van der Waals surface area (Å²) in [6.45, 7) is 3.24. The normalized spacial score (nSPS) is 21.0. The summed E-state index contributed by atoms with van der Waals surface area (Å²) in [6.07, 6.45) is 10.5. The molecule has 1 unspecified atom stereocenters. The van der Waals surface area contributed by atoms with E-state index in [0.717, 1.165) is 18.8 Å². The minimum atomic E-state index is 0.550. The second-order valence-corrected chi connectivity index (χ2v) is 6.84. The number of fused-ring (bicyclic) bond motifs is 1. The molecule has 0 radical (unpaired) electrons. The highest BCUT2D eigenvalue weighted by Gasteiger charge is 2.38. The second kappa shape index (κ2) is 6.39. The number of hydrogen-bond acceptors (Lipinski definition) is 2. The van der Waals surface area contributed by atoms with Crippen molar-refractivity contribution in [2.24, 2.45) is 5.41 Å². The van der Waals surface area contributed by atoms with E-state index in [1.165, 1.54) is 56.1 Å². The lowest BCUT2D eigenvalue weighted by Crippen LogP contribution is -2.42. The minimum Gasteiger partial charge on any atom is -0.493 e. The fourth-order valence-corrected chi connectivity index (χ4v) is 4.49. The molecular formula is C19H29NO. The predicted molar refractivity (Wildman–Crippen MR) is 88.0 cm³/mol. The van der Waals surface area contributed by atoms with Crippen LogP contribution in [0.4, 0.5) is 0 Å².